The van der Waals surface area contributed by atoms with Crippen LogP contribution in [0.15, 0.2) is 82.2 Å². The highest BCUT2D eigenvalue weighted by molar-refractivity contribution is 5.68. The molecule has 0 aromatic carbocycles. The van der Waals surface area contributed by atoms with Crippen molar-refractivity contribution in [1.82, 2.24) is 9.80 Å². The molecular formula is C41H67N3O2. The van der Waals surface area contributed by atoms with E-state index in [1.54, 1.807) is 0 Å². The molecule has 0 unspecified atom stereocenters. The Kier molecular flexibility index (Phi) is 20.7. The lowest BCUT2D eigenvalue weighted by Crippen LogP contribution is -2.49. The molecule has 1 saturated heterocycles. The van der Waals surface area contributed by atoms with Gasteiger partial charge in [-0.15, -0.1) is 0 Å². The van der Waals surface area contributed by atoms with Crippen LogP contribution in [0.4, 0.5) is 4.79 Å². The van der Waals surface area contributed by atoms with Crippen LogP contribution >= 0.6 is 0 Å². The molecule has 0 atom stereocenters. The molecule has 0 aromatic rings. The van der Waals surface area contributed by atoms with E-state index in [4.69, 9.17) is 10.00 Å². The zero-order valence-corrected chi connectivity index (χ0v) is 31.8. The fraction of sp³-hybridized carbons (Fsp3) is 0.610. The van der Waals surface area contributed by atoms with E-state index in [1.807, 2.05) is 63.8 Å². The van der Waals surface area contributed by atoms with Gasteiger partial charge in [-0.3, -0.25) is 0 Å². The highest BCUT2D eigenvalue weighted by Gasteiger charge is 2.42. The Bertz CT molecular complexity index is 1180. The second-order valence-corrected chi connectivity index (χ2v) is 13.2. The molecule has 2 fully saturated rings. The second kappa shape index (κ2) is 22.3. The molecule has 1 amide bonds. The third kappa shape index (κ3) is 15.8. The number of carbonyl (C=O) groups excluding carboxylic acids is 1. The number of ether oxygens (including phenoxy) is 1. The topological polar surface area (TPSA) is 56.6 Å². The van der Waals surface area contributed by atoms with Crippen LogP contribution in [0.1, 0.15) is 129 Å². The molecule has 258 valence electrons. The number of hydrogen-bond acceptors (Lipinski definition) is 4. The van der Waals surface area contributed by atoms with Gasteiger partial charge in [0.1, 0.15) is 5.60 Å². The van der Waals surface area contributed by atoms with Gasteiger partial charge in [0.25, 0.3) is 0 Å². The molecule has 2 rings (SSSR count). The van der Waals surface area contributed by atoms with Crippen molar-refractivity contribution in [3.63, 3.8) is 0 Å². The minimum atomic E-state index is -0.453. The van der Waals surface area contributed by atoms with Gasteiger partial charge in [0.2, 0.25) is 0 Å². The summed E-state index contributed by atoms with van der Waals surface area (Å²) in [6.45, 7) is 30.3. The van der Waals surface area contributed by atoms with E-state index in [1.165, 1.54) is 40.8 Å². The van der Waals surface area contributed by atoms with E-state index in [0.29, 0.717) is 18.5 Å². The van der Waals surface area contributed by atoms with E-state index in [0.717, 1.165) is 44.3 Å². The maximum Gasteiger partial charge on any atom is 0.410 e. The average molecular weight is 634 g/mol. The molecule has 1 aliphatic heterocycles. The second-order valence-electron chi connectivity index (χ2n) is 13.2. The Hall–Kier alpha value is -3.26. The number of piperazine rings is 1. The number of allylic oxidation sites excluding steroid dienone is 14. The lowest BCUT2D eigenvalue weighted by Gasteiger charge is -2.38. The van der Waals surface area contributed by atoms with Gasteiger partial charge in [0, 0.05) is 31.9 Å². The summed E-state index contributed by atoms with van der Waals surface area (Å²) in [7, 11) is 0. The van der Waals surface area contributed by atoms with Gasteiger partial charge < -0.3 is 14.5 Å². The molecule has 5 nitrogen and oxygen atoms in total. The van der Waals surface area contributed by atoms with Crippen molar-refractivity contribution >= 4 is 6.09 Å². The molecule has 0 N–H and O–H groups in total. The van der Waals surface area contributed by atoms with Gasteiger partial charge >= 0.3 is 6.09 Å². The molecule has 2 aliphatic rings. The van der Waals surface area contributed by atoms with Crippen LogP contribution in [0.2, 0.25) is 0 Å². The minimum Gasteiger partial charge on any atom is -0.444 e. The Balaban J connectivity index is 0.00000106. The summed E-state index contributed by atoms with van der Waals surface area (Å²) < 4.78 is 5.55. The summed E-state index contributed by atoms with van der Waals surface area (Å²) in [5.41, 5.74) is 7.33. The smallest absolute Gasteiger partial charge is 0.410 e. The van der Waals surface area contributed by atoms with Gasteiger partial charge in [0.05, 0.1) is 11.6 Å². The lowest BCUT2D eigenvalue weighted by molar-refractivity contribution is 0.0168. The van der Waals surface area contributed by atoms with Crippen molar-refractivity contribution in [3.05, 3.63) is 82.2 Å². The van der Waals surface area contributed by atoms with Gasteiger partial charge in [0.15, 0.2) is 0 Å². The summed E-state index contributed by atoms with van der Waals surface area (Å²) >= 11 is 0. The largest absolute Gasteiger partial charge is 0.444 e. The van der Waals surface area contributed by atoms with Crippen molar-refractivity contribution in [2.75, 3.05) is 26.2 Å². The maximum absolute atomic E-state index is 12.4. The van der Waals surface area contributed by atoms with Crippen molar-refractivity contribution < 1.29 is 9.53 Å². The zero-order valence-electron chi connectivity index (χ0n) is 31.8. The first-order valence-corrected chi connectivity index (χ1v) is 17.7. The predicted molar refractivity (Wildman–Crippen MR) is 200 cm³/mol. The number of rotatable bonds is 11. The Labute approximate surface area is 284 Å². The first-order chi connectivity index (χ1) is 21.8. The van der Waals surface area contributed by atoms with Gasteiger partial charge in [-0.05, 0) is 115 Å². The van der Waals surface area contributed by atoms with Crippen LogP contribution in [0.25, 0.3) is 0 Å². The summed E-state index contributed by atoms with van der Waals surface area (Å²) in [5.74, 6) is 0. The Morgan fingerprint density at radius 1 is 0.913 bits per heavy atom. The molecule has 46 heavy (non-hydrogen) atoms. The van der Waals surface area contributed by atoms with E-state index in [9.17, 15) is 4.79 Å². The molecule has 1 heterocycles. The summed E-state index contributed by atoms with van der Waals surface area (Å²) in [4.78, 5) is 16.7. The molecule has 0 radical (unpaired) electrons. The van der Waals surface area contributed by atoms with Crippen LogP contribution in [0, 0.1) is 16.7 Å². The van der Waals surface area contributed by atoms with Crippen LogP contribution in [0.3, 0.4) is 0 Å². The number of carbonyl (C=O) groups is 1. The van der Waals surface area contributed by atoms with E-state index in [2.05, 4.69) is 90.7 Å². The normalized spacial score (nSPS) is 17.9. The van der Waals surface area contributed by atoms with Crippen molar-refractivity contribution in [1.29, 1.82) is 5.26 Å². The van der Waals surface area contributed by atoms with Gasteiger partial charge in [-0.2, -0.15) is 5.26 Å². The van der Waals surface area contributed by atoms with Crippen molar-refractivity contribution in [2.45, 2.75) is 134 Å². The number of nitrogens with zero attached hydrogens (tertiary/aromatic N) is 3. The van der Waals surface area contributed by atoms with Crippen LogP contribution in [0.5, 0.6) is 0 Å². The van der Waals surface area contributed by atoms with Crippen LogP contribution < -0.4 is 0 Å². The first kappa shape index (κ1) is 42.7. The number of amides is 1. The fourth-order valence-corrected chi connectivity index (χ4v) is 5.24. The number of hydrogen-bond donors (Lipinski definition) is 0. The van der Waals surface area contributed by atoms with Gasteiger partial charge in [-0.1, -0.05) is 90.0 Å². The lowest BCUT2D eigenvalue weighted by atomic mass is 9.85. The summed E-state index contributed by atoms with van der Waals surface area (Å²) in [6.07, 6.45) is 23.3. The van der Waals surface area contributed by atoms with E-state index >= 15 is 0 Å². The SMILES string of the molecule is CC.CC/C=C/C=C(C#N)\C=C(/C)CCC.C\C=C(C(/C(C)=C\C=C\CC)=C(/C)N1CCN(C(=O)OC(C)(C)C)CC1)\C1(C)CC1. The monoisotopic (exact) mass is 634 g/mol. The van der Waals surface area contributed by atoms with Crippen molar-refractivity contribution in [2.24, 2.45) is 5.41 Å². The average Bonchev–Trinajstić information content (AvgIpc) is 3.77. The first-order valence-electron chi connectivity index (χ1n) is 17.7. The maximum atomic E-state index is 12.4. The van der Waals surface area contributed by atoms with Crippen LogP contribution in [-0.4, -0.2) is 47.7 Å². The highest BCUT2D eigenvalue weighted by Crippen LogP contribution is 2.55. The Morgan fingerprint density at radius 2 is 1.43 bits per heavy atom. The Morgan fingerprint density at radius 3 is 1.87 bits per heavy atom. The highest BCUT2D eigenvalue weighted by atomic mass is 16.6. The zero-order chi connectivity index (χ0) is 35.3. The standard InChI is InChI=1S/C26H42N2O2.C13H19N.C2H6/c1-9-11-12-13-20(3)23(22(10-2)26(8)14-15-26)21(4)27-16-18-28(19-17-27)24(29)30-25(5,6)7;1-4-6-7-9-13(11-14)10-12(3)8-5-2;1-2/h10-13H,9,14-19H2,1-8H3;6-7,9-10H,4-5,8H2,1-3H3;1-2H3/b12-11+,20-13-,22-10+,23-21-;7-6+,12-10+,13-9+;. The molecule has 0 spiro atoms. The predicted octanol–water partition coefficient (Wildman–Crippen LogP) is 11.6. The quantitative estimate of drug-likeness (QED) is 0.168. The molecule has 1 aliphatic carbocycles. The van der Waals surface area contributed by atoms with Crippen LogP contribution in [-0.2, 0) is 4.74 Å². The summed E-state index contributed by atoms with van der Waals surface area (Å²) in [5, 5.41) is 8.85. The van der Waals surface area contributed by atoms with Crippen molar-refractivity contribution in [3.8, 4) is 6.07 Å². The minimum absolute atomic E-state index is 0.204. The molecule has 5 heteroatoms. The number of nitriles is 1. The molecule has 1 saturated carbocycles. The molecular weight excluding hydrogens is 566 g/mol. The van der Waals surface area contributed by atoms with E-state index in [-0.39, 0.29) is 6.09 Å². The third-order valence-corrected chi connectivity index (χ3v) is 7.91. The van der Waals surface area contributed by atoms with Gasteiger partial charge in [-0.25, -0.2) is 4.79 Å². The molecule has 0 bridgehead atoms. The summed E-state index contributed by atoms with van der Waals surface area (Å²) in [6, 6.07) is 2.18. The van der Waals surface area contributed by atoms with E-state index < -0.39 is 5.60 Å². The fourth-order valence-electron chi connectivity index (χ4n) is 5.24. The third-order valence-electron chi connectivity index (χ3n) is 7.91. The molecule has 0 aromatic heterocycles.